The summed E-state index contributed by atoms with van der Waals surface area (Å²) < 4.78 is 5.27. The van der Waals surface area contributed by atoms with Crippen molar-refractivity contribution in [3.8, 4) is 0 Å². The van der Waals surface area contributed by atoms with Crippen LogP contribution in [0.4, 0.5) is 5.69 Å². The second-order valence-corrected chi connectivity index (χ2v) is 12.2. The van der Waals surface area contributed by atoms with Gasteiger partial charge < -0.3 is 24.4 Å². The van der Waals surface area contributed by atoms with E-state index >= 15 is 0 Å². The van der Waals surface area contributed by atoms with Gasteiger partial charge in [0.1, 0.15) is 0 Å². The molecule has 0 aliphatic heterocycles. The van der Waals surface area contributed by atoms with Crippen LogP contribution < -0.4 is 4.90 Å². The summed E-state index contributed by atoms with van der Waals surface area (Å²) in [6.07, 6.45) is 14.9. The van der Waals surface area contributed by atoms with Crippen molar-refractivity contribution in [1.82, 2.24) is 14.8 Å². The van der Waals surface area contributed by atoms with Crippen LogP contribution in [0, 0.1) is 0 Å². The van der Waals surface area contributed by atoms with E-state index in [1.54, 1.807) is 12.0 Å². The first-order valence-corrected chi connectivity index (χ1v) is 16.8. The zero-order valence-corrected chi connectivity index (χ0v) is 27.8. The van der Waals surface area contributed by atoms with Crippen molar-refractivity contribution in [2.75, 3.05) is 52.3 Å². The number of nitrogens with one attached hydrogen (secondary N) is 1. The lowest BCUT2D eigenvalue weighted by Crippen LogP contribution is -2.44. The maximum atomic E-state index is 13.9. The molecule has 0 radical (unpaired) electrons. The Bertz CT molecular complexity index is 1240. The fourth-order valence-electron chi connectivity index (χ4n) is 5.71. The summed E-state index contributed by atoms with van der Waals surface area (Å²) in [6, 6.07) is 16.6. The van der Waals surface area contributed by atoms with Crippen LogP contribution in [0.3, 0.4) is 0 Å². The Morgan fingerprint density at radius 1 is 0.773 bits per heavy atom. The minimum atomic E-state index is -0.0145. The van der Waals surface area contributed by atoms with E-state index in [9.17, 15) is 9.59 Å². The van der Waals surface area contributed by atoms with E-state index in [2.05, 4.69) is 53.2 Å². The molecular weight excluding hydrogens is 548 g/mol. The SMILES string of the molecule is CCCCCCCCCCCC(=O)N(CCCOC)CC(=O)N(CCc1c[nH]c2ccccc12)Cc1ccc(N(C)C)cc1. The molecule has 7 heteroatoms. The second-order valence-electron chi connectivity index (χ2n) is 12.2. The van der Waals surface area contributed by atoms with Gasteiger partial charge in [-0.15, -0.1) is 0 Å². The first kappa shape index (κ1) is 35.2. The molecule has 2 amide bonds. The summed E-state index contributed by atoms with van der Waals surface area (Å²) in [6.45, 7) is 4.53. The molecule has 0 saturated heterocycles. The molecule has 7 nitrogen and oxygen atoms in total. The number of nitrogens with zero attached hydrogens (tertiary/aromatic N) is 3. The molecule has 0 aliphatic rings. The lowest BCUT2D eigenvalue weighted by molar-refractivity contribution is -0.141. The van der Waals surface area contributed by atoms with Crippen molar-refractivity contribution in [3.63, 3.8) is 0 Å². The zero-order valence-electron chi connectivity index (χ0n) is 27.8. The minimum absolute atomic E-state index is 0.0145. The van der Waals surface area contributed by atoms with E-state index in [1.165, 1.54) is 55.9 Å². The number of fused-ring (bicyclic) bond motifs is 1. The summed E-state index contributed by atoms with van der Waals surface area (Å²) in [5.74, 6) is 0.0590. The number of ether oxygens (including phenoxy) is 1. The van der Waals surface area contributed by atoms with Crippen LogP contribution in [0.5, 0.6) is 0 Å². The van der Waals surface area contributed by atoms with Gasteiger partial charge in [-0.1, -0.05) is 88.6 Å². The molecule has 0 fully saturated rings. The number of anilines is 1. The third-order valence-electron chi connectivity index (χ3n) is 8.45. The molecule has 2 aromatic carbocycles. The number of carbonyl (C=O) groups excluding carboxylic acids is 2. The Hall–Kier alpha value is -3.32. The zero-order chi connectivity index (χ0) is 31.6. The molecule has 44 heavy (non-hydrogen) atoms. The van der Waals surface area contributed by atoms with Crippen LogP contribution in [-0.2, 0) is 27.3 Å². The van der Waals surface area contributed by atoms with E-state index in [0.717, 1.165) is 36.0 Å². The fraction of sp³-hybridized carbons (Fsp3) is 0.568. The lowest BCUT2D eigenvalue weighted by atomic mass is 10.1. The van der Waals surface area contributed by atoms with Gasteiger partial charge in [-0.25, -0.2) is 0 Å². The number of rotatable bonds is 22. The Morgan fingerprint density at radius 3 is 2.14 bits per heavy atom. The molecule has 1 heterocycles. The highest BCUT2D eigenvalue weighted by atomic mass is 16.5. The first-order valence-electron chi connectivity index (χ1n) is 16.8. The van der Waals surface area contributed by atoms with Crippen LogP contribution in [-0.4, -0.2) is 74.0 Å². The van der Waals surface area contributed by atoms with Crippen LogP contribution >= 0.6 is 0 Å². The minimum Gasteiger partial charge on any atom is -0.385 e. The predicted molar refractivity (Wildman–Crippen MR) is 183 cm³/mol. The highest BCUT2D eigenvalue weighted by Crippen LogP contribution is 2.20. The molecule has 0 atom stereocenters. The maximum Gasteiger partial charge on any atom is 0.242 e. The number of aromatic amines is 1. The number of hydrogen-bond acceptors (Lipinski definition) is 4. The molecule has 0 bridgehead atoms. The standard InChI is InChI=1S/C37H56N4O3/c1-5-6-7-8-9-10-11-12-13-19-36(42)40(25-16-27-44-4)30-37(43)41(29-31-20-22-33(23-21-31)39(2)3)26-24-32-28-38-35-18-15-14-17-34(32)35/h14-15,17-18,20-23,28,38H,5-13,16,19,24-27,29-30H2,1-4H3. The number of methoxy groups -OCH3 is 1. The smallest absolute Gasteiger partial charge is 0.242 e. The Labute approximate surface area is 265 Å². The maximum absolute atomic E-state index is 13.9. The van der Waals surface area contributed by atoms with Crippen LogP contribution in [0.2, 0.25) is 0 Å². The molecule has 0 saturated carbocycles. The normalized spacial score (nSPS) is 11.2. The summed E-state index contributed by atoms with van der Waals surface area (Å²) in [4.78, 5) is 36.4. The average Bonchev–Trinajstić information content (AvgIpc) is 3.45. The molecule has 0 spiro atoms. The van der Waals surface area contributed by atoms with E-state index in [-0.39, 0.29) is 18.4 Å². The van der Waals surface area contributed by atoms with Gasteiger partial charge in [-0.05, 0) is 48.6 Å². The molecule has 3 aromatic rings. The molecule has 242 valence electrons. The lowest BCUT2D eigenvalue weighted by Gasteiger charge is -2.28. The number of H-pyrrole nitrogens is 1. The van der Waals surface area contributed by atoms with Crippen molar-refractivity contribution in [2.45, 2.75) is 90.5 Å². The van der Waals surface area contributed by atoms with E-state index in [0.29, 0.717) is 39.1 Å². The largest absolute Gasteiger partial charge is 0.385 e. The first-order chi connectivity index (χ1) is 21.4. The number of amides is 2. The van der Waals surface area contributed by atoms with Crippen LogP contribution in [0.25, 0.3) is 10.9 Å². The quantitative estimate of drug-likeness (QED) is 0.120. The van der Waals surface area contributed by atoms with Gasteiger partial charge in [0.05, 0.1) is 6.54 Å². The van der Waals surface area contributed by atoms with Gasteiger partial charge in [0.2, 0.25) is 11.8 Å². The number of aromatic nitrogens is 1. The van der Waals surface area contributed by atoms with Crippen molar-refractivity contribution in [3.05, 3.63) is 65.9 Å². The molecule has 3 rings (SSSR count). The topological polar surface area (TPSA) is 68.9 Å². The summed E-state index contributed by atoms with van der Waals surface area (Å²) in [7, 11) is 5.72. The number of carbonyl (C=O) groups is 2. The second kappa shape index (κ2) is 19.9. The Kier molecular flexibility index (Phi) is 15.9. The fourth-order valence-corrected chi connectivity index (χ4v) is 5.71. The third-order valence-corrected chi connectivity index (χ3v) is 8.45. The van der Waals surface area contributed by atoms with Crippen LogP contribution in [0.1, 0.15) is 88.7 Å². The van der Waals surface area contributed by atoms with Gasteiger partial charge in [0, 0.05) is 76.7 Å². The molecular formula is C37H56N4O3. The third kappa shape index (κ3) is 12.0. The predicted octanol–water partition coefficient (Wildman–Crippen LogP) is 7.59. The van der Waals surface area contributed by atoms with Gasteiger partial charge in [-0.3, -0.25) is 9.59 Å². The number of para-hydroxylation sites is 1. The van der Waals surface area contributed by atoms with Crippen molar-refractivity contribution >= 4 is 28.4 Å². The molecule has 0 unspecified atom stereocenters. The molecule has 1 aromatic heterocycles. The van der Waals surface area contributed by atoms with Crippen LogP contribution in [0.15, 0.2) is 54.7 Å². The summed E-state index contributed by atoms with van der Waals surface area (Å²) in [5, 5.41) is 1.19. The van der Waals surface area contributed by atoms with E-state index in [1.807, 2.05) is 37.3 Å². The van der Waals surface area contributed by atoms with Gasteiger partial charge in [0.25, 0.3) is 0 Å². The average molecular weight is 605 g/mol. The number of hydrogen-bond donors (Lipinski definition) is 1. The molecule has 0 aliphatic carbocycles. The van der Waals surface area contributed by atoms with Crippen molar-refractivity contribution in [1.29, 1.82) is 0 Å². The van der Waals surface area contributed by atoms with Crippen molar-refractivity contribution in [2.24, 2.45) is 0 Å². The van der Waals surface area contributed by atoms with Gasteiger partial charge in [0.15, 0.2) is 0 Å². The van der Waals surface area contributed by atoms with Gasteiger partial charge in [-0.2, -0.15) is 0 Å². The Morgan fingerprint density at radius 2 is 1.45 bits per heavy atom. The molecule has 1 N–H and O–H groups in total. The van der Waals surface area contributed by atoms with E-state index in [4.69, 9.17) is 4.74 Å². The van der Waals surface area contributed by atoms with Crippen molar-refractivity contribution < 1.29 is 14.3 Å². The summed E-state index contributed by atoms with van der Waals surface area (Å²) in [5.41, 5.74) is 4.50. The summed E-state index contributed by atoms with van der Waals surface area (Å²) >= 11 is 0. The van der Waals surface area contributed by atoms with Gasteiger partial charge >= 0.3 is 0 Å². The monoisotopic (exact) mass is 604 g/mol. The highest BCUT2D eigenvalue weighted by Gasteiger charge is 2.22. The highest BCUT2D eigenvalue weighted by molar-refractivity contribution is 5.85. The number of unbranched alkanes of at least 4 members (excludes halogenated alkanes) is 8. The number of benzene rings is 2. The Balaban J connectivity index is 1.63. The van der Waals surface area contributed by atoms with E-state index < -0.39 is 0 Å².